The fraction of sp³-hybridized carbons (Fsp3) is 0.381. The first-order valence-corrected chi connectivity index (χ1v) is 9.27. The van der Waals surface area contributed by atoms with E-state index >= 15 is 0 Å². The molecule has 1 saturated heterocycles. The second-order valence-corrected chi connectivity index (χ2v) is 6.92. The molecule has 0 aliphatic carbocycles. The molecule has 1 aliphatic heterocycles. The molecule has 2 aromatic rings. The van der Waals surface area contributed by atoms with Crippen LogP contribution in [0.2, 0.25) is 0 Å². The van der Waals surface area contributed by atoms with Crippen LogP contribution in [0.4, 0.5) is 11.5 Å². The molecule has 1 aromatic carbocycles. The number of aryl methyl sites for hydroxylation is 2. The molecular formula is C21H25N5O. The van der Waals surface area contributed by atoms with Crippen molar-refractivity contribution in [1.82, 2.24) is 9.88 Å². The highest BCUT2D eigenvalue weighted by Crippen LogP contribution is 2.20. The number of benzene rings is 1. The average Bonchev–Trinajstić information content (AvgIpc) is 2.90. The summed E-state index contributed by atoms with van der Waals surface area (Å²) in [6, 6.07) is 11.8. The summed E-state index contributed by atoms with van der Waals surface area (Å²) >= 11 is 0. The fourth-order valence-electron chi connectivity index (χ4n) is 3.47. The van der Waals surface area contributed by atoms with E-state index in [2.05, 4.69) is 26.2 Å². The lowest BCUT2D eigenvalue weighted by molar-refractivity contribution is -0.117. The van der Waals surface area contributed by atoms with Crippen LogP contribution < -0.4 is 10.2 Å². The quantitative estimate of drug-likeness (QED) is 0.904. The van der Waals surface area contributed by atoms with Crippen molar-refractivity contribution >= 4 is 17.4 Å². The summed E-state index contributed by atoms with van der Waals surface area (Å²) in [6.45, 7) is 7.59. The molecule has 6 nitrogen and oxygen atoms in total. The molecule has 0 atom stereocenters. The zero-order chi connectivity index (χ0) is 19.2. The summed E-state index contributed by atoms with van der Waals surface area (Å²) in [7, 11) is 0. The number of nitrogens with one attached hydrogen (secondary N) is 1. The summed E-state index contributed by atoms with van der Waals surface area (Å²) in [4.78, 5) is 21.2. The SMILES string of the molecule is Cc1cccc(C)c1NC(=O)CN1CCCN(c2ncccc2C#N)CC1. The van der Waals surface area contributed by atoms with E-state index in [-0.39, 0.29) is 5.91 Å². The molecule has 0 radical (unpaired) electrons. The van der Waals surface area contributed by atoms with Crippen LogP contribution >= 0.6 is 0 Å². The molecule has 1 fully saturated rings. The number of rotatable bonds is 4. The summed E-state index contributed by atoms with van der Waals surface area (Å²) in [5.74, 6) is 0.748. The maximum absolute atomic E-state index is 12.5. The zero-order valence-corrected chi connectivity index (χ0v) is 15.9. The highest BCUT2D eigenvalue weighted by molar-refractivity contribution is 5.93. The molecule has 0 bridgehead atoms. The molecule has 1 amide bonds. The van der Waals surface area contributed by atoms with Gasteiger partial charge in [0.2, 0.25) is 5.91 Å². The largest absolute Gasteiger partial charge is 0.354 e. The predicted molar refractivity (Wildman–Crippen MR) is 107 cm³/mol. The summed E-state index contributed by atoms with van der Waals surface area (Å²) in [5.41, 5.74) is 3.65. The topological polar surface area (TPSA) is 72.3 Å². The highest BCUT2D eigenvalue weighted by Gasteiger charge is 2.20. The smallest absolute Gasteiger partial charge is 0.238 e. The third kappa shape index (κ3) is 4.63. The number of carbonyl (C=O) groups is 1. The maximum Gasteiger partial charge on any atom is 0.238 e. The Bertz CT molecular complexity index is 838. The lowest BCUT2D eigenvalue weighted by Gasteiger charge is -2.23. The molecule has 140 valence electrons. The van der Waals surface area contributed by atoms with Gasteiger partial charge in [0.1, 0.15) is 11.9 Å². The van der Waals surface area contributed by atoms with Gasteiger partial charge in [0, 0.05) is 38.1 Å². The van der Waals surface area contributed by atoms with Gasteiger partial charge < -0.3 is 10.2 Å². The normalized spacial score (nSPS) is 15.1. The Labute approximate surface area is 160 Å². The molecule has 1 aromatic heterocycles. The summed E-state index contributed by atoms with van der Waals surface area (Å²) in [5, 5.41) is 12.4. The van der Waals surface area contributed by atoms with Gasteiger partial charge in [-0.2, -0.15) is 5.26 Å². The number of nitriles is 1. The van der Waals surface area contributed by atoms with Crippen LogP contribution in [0.1, 0.15) is 23.1 Å². The lowest BCUT2D eigenvalue weighted by Crippen LogP contribution is -2.36. The number of aromatic nitrogens is 1. The number of anilines is 2. The monoisotopic (exact) mass is 363 g/mol. The van der Waals surface area contributed by atoms with E-state index in [1.807, 2.05) is 32.0 Å². The van der Waals surface area contributed by atoms with E-state index in [1.165, 1.54) is 0 Å². The first kappa shape index (κ1) is 18.9. The minimum absolute atomic E-state index is 0.0106. The summed E-state index contributed by atoms with van der Waals surface area (Å²) < 4.78 is 0. The molecule has 3 rings (SSSR count). The van der Waals surface area contributed by atoms with Crippen molar-refractivity contribution in [3.8, 4) is 6.07 Å². The van der Waals surface area contributed by atoms with Crippen LogP contribution in [0, 0.1) is 25.2 Å². The van der Waals surface area contributed by atoms with Gasteiger partial charge >= 0.3 is 0 Å². The van der Waals surface area contributed by atoms with Crippen LogP contribution in [0.25, 0.3) is 0 Å². The van der Waals surface area contributed by atoms with Crippen LogP contribution in [-0.2, 0) is 4.79 Å². The van der Waals surface area contributed by atoms with Crippen molar-refractivity contribution in [3.05, 3.63) is 53.2 Å². The number of nitrogens with zero attached hydrogens (tertiary/aromatic N) is 4. The Hall–Kier alpha value is -2.91. The van der Waals surface area contributed by atoms with Gasteiger partial charge in [0.05, 0.1) is 12.1 Å². The number of amides is 1. The van der Waals surface area contributed by atoms with E-state index in [0.29, 0.717) is 12.1 Å². The van der Waals surface area contributed by atoms with E-state index in [9.17, 15) is 10.1 Å². The van der Waals surface area contributed by atoms with Gasteiger partial charge in [0.15, 0.2) is 0 Å². The van der Waals surface area contributed by atoms with E-state index in [1.54, 1.807) is 18.3 Å². The van der Waals surface area contributed by atoms with Gasteiger partial charge in [-0.05, 0) is 43.5 Å². The second kappa shape index (κ2) is 8.65. The minimum Gasteiger partial charge on any atom is -0.354 e. The first-order chi connectivity index (χ1) is 13.1. The number of carbonyl (C=O) groups excluding carboxylic acids is 1. The van der Waals surface area contributed by atoms with Gasteiger partial charge in [-0.1, -0.05) is 18.2 Å². The van der Waals surface area contributed by atoms with Crippen molar-refractivity contribution in [2.24, 2.45) is 0 Å². The van der Waals surface area contributed by atoms with Gasteiger partial charge in [-0.25, -0.2) is 4.98 Å². The third-order valence-electron chi connectivity index (χ3n) is 4.91. The van der Waals surface area contributed by atoms with Gasteiger partial charge in [-0.15, -0.1) is 0 Å². The lowest BCUT2D eigenvalue weighted by atomic mass is 10.1. The van der Waals surface area contributed by atoms with Crippen LogP contribution in [-0.4, -0.2) is 48.5 Å². The number of hydrogen-bond donors (Lipinski definition) is 1. The molecule has 1 N–H and O–H groups in total. The minimum atomic E-state index is 0.0106. The number of para-hydroxylation sites is 1. The maximum atomic E-state index is 12.5. The Balaban J connectivity index is 1.60. The molecule has 0 saturated carbocycles. The van der Waals surface area contributed by atoms with Crippen molar-refractivity contribution in [3.63, 3.8) is 0 Å². The van der Waals surface area contributed by atoms with Crippen molar-refractivity contribution < 1.29 is 4.79 Å². The zero-order valence-electron chi connectivity index (χ0n) is 15.9. The van der Waals surface area contributed by atoms with E-state index < -0.39 is 0 Å². The molecule has 6 heteroatoms. The molecule has 0 spiro atoms. The Morgan fingerprint density at radius 3 is 2.67 bits per heavy atom. The fourth-order valence-corrected chi connectivity index (χ4v) is 3.47. The van der Waals surface area contributed by atoms with Crippen LogP contribution in [0.5, 0.6) is 0 Å². The first-order valence-electron chi connectivity index (χ1n) is 9.27. The van der Waals surface area contributed by atoms with Crippen LogP contribution in [0.3, 0.4) is 0 Å². The third-order valence-corrected chi connectivity index (χ3v) is 4.91. The predicted octanol–water partition coefficient (Wildman–Crippen LogP) is 2.72. The second-order valence-electron chi connectivity index (χ2n) is 6.92. The van der Waals surface area contributed by atoms with Gasteiger partial charge in [0.25, 0.3) is 0 Å². The Morgan fingerprint density at radius 2 is 1.93 bits per heavy atom. The molecule has 1 aliphatic rings. The number of hydrogen-bond acceptors (Lipinski definition) is 5. The standard InChI is InChI=1S/C21H25N5O/c1-16-6-3-7-17(2)20(16)24-19(27)15-25-10-5-11-26(13-12-25)21-18(14-22)8-4-9-23-21/h3-4,6-9H,5,10-13,15H2,1-2H3,(H,24,27). The van der Waals surface area contributed by atoms with Crippen LogP contribution in [0.15, 0.2) is 36.5 Å². The molecule has 27 heavy (non-hydrogen) atoms. The summed E-state index contributed by atoms with van der Waals surface area (Å²) in [6.07, 6.45) is 2.65. The molecule has 0 unspecified atom stereocenters. The van der Waals surface area contributed by atoms with E-state index in [4.69, 9.17) is 0 Å². The van der Waals surface area contributed by atoms with E-state index in [0.717, 1.165) is 55.2 Å². The van der Waals surface area contributed by atoms with Gasteiger partial charge in [-0.3, -0.25) is 9.69 Å². The van der Waals surface area contributed by atoms with Crippen molar-refractivity contribution in [1.29, 1.82) is 5.26 Å². The Kier molecular flexibility index (Phi) is 6.05. The van der Waals surface area contributed by atoms with Crippen molar-refractivity contribution in [2.75, 3.05) is 42.9 Å². The average molecular weight is 363 g/mol. The number of pyridine rings is 1. The molecule has 2 heterocycles. The Morgan fingerprint density at radius 1 is 1.15 bits per heavy atom. The van der Waals surface area contributed by atoms with Crippen molar-refractivity contribution in [2.45, 2.75) is 20.3 Å². The molecular weight excluding hydrogens is 338 g/mol. The highest BCUT2D eigenvalue weighted by atomic mass is 16.2.